The molecule has 1 aliphatic rings. The molecule has 3 nitrogen and oxygen atoms in total. The van der Waals surface area contributed by atoms with Gasteiger partial charge < -0.3 is 14.8 Å². The van der Waals surface area contributed by atoms with Crippen molar-refractivity contribution in [2.75, 3.05) is 13.6 Å². The molecule has 3 rings (SSSR count). The van der Waals surface area contributed by atoms with Gasteiger partial charge in [0.25, 0.3) is 0 Å². The van der Waals surface area contributed by atoms with Crippen molar-refractivity contribution in [1.82, 2.24) is 5.32 Å². The zero-order valence-electron chi connectivity index (χ0n) is 12.8. The zero-order chi connectivity index (χ0) is 15.5. The Morgan fingerprint density at radius 2 is 2.09 bits per heavy atom. The van der Waals surface area contributed by atoms with Crippen molar-refractivity contribution >= 4 is 15.9 Å². The van der Waals surface area contributed by atoms with E-state index in [0.717, 1.165) is 22.3 Å². The third kappa shape index (κ3) is 3.19. The molecule has 0 amide bonds. The fourth-order valence-corrected chi connectivity index (χ4v) is 3.29. The lowest BCUT2D eigenvalue weighted by atomic mass is 9.95. The smallest absolute Gasteiger partial charge is 0.151 e. The van der Waals surface area contributed by atoms with Crippen LogP contribution in [-0.2, 0) is 11.3 Å². The Hall–Kier alpha value is -1.36. The number of benzene rings is 2. The first-order valence-corrected chi connectivity index (χ1v) is 8.25. The normalized spacial score (nSPS) is 20.5. The summed E-state index contributed by atoms with van der Waals surface area (Å²) in [6.45, 7) is 3.46. The van der Waals surface area contributed by atoms with Crippen molar-refractivity contribution < 1.29 is 9.47 Å². The molecule has 2 atom stereocenters. The van der Waals surface area contributed by atoms with Gasteiger partial charge in [-0.1, -0.05) is 40.2 Å². The molecule has 0 spiro atoms. The summed E-state index contributed by atoms with van der Waals surface area (Å²) in [4.78, 5) is 0. The summed E-state index contributed by atoms with van der Waals surface area (Å²) in [6, 6.07) is 14.4. The number of rotatable bonds is 4. The Balaban J connectivity index is 1.93. The van der Waals surface area contributed by atoms with E-state index in [4.69, 9.17) is 9.47 Å². The molecular formula is C18H20BrNO2. The van der Waals surface area contributed by atoms with Gasteiger partial charge in [0.05, 0.1) is 6.61 Å². The molecule has 2 aromatic rings. The zero-order valence-corrected chi connectivity index (χ0v) is 14.4. The van der Waals surface area contributed by atoms with Crippen LogP contribution in [0.15, 0.2) is 46.9 Å². The summed E-state index contributed by atoms with van der Waals surface area (Å²) in [7, 11) is 1.94. The molecule has 0 fully saturated rings. The molecule has 1 aliphatic heterocycles. The molecule has 0 aromatic heterocycles. The van der Waals surface area contributed by atoms with Gasteiger partial charge in [-0.15, -0.1) is 0 Å². The average molecular weight is 362 g/mol. The van der Waals surface area contributed by atoms with E-state index in [2.05, 4.69) is 52.4 Å². The van der Waals surface area contributed by atoms with E-state index in [1.54, 1.807) is 0 Å². The Bertz CT molecular complexity index is 659. The molecular weight excluding hydrogens is 342 g/mol. The van der Waals surface area contributed by atoms with Crippen LogP contribution in [-0.4, -0.2) is 19.7 Å². The highest BCUT2D eigenvalue weighted by atomic mass is 79.9. The van der Waals surface area contributed by atoms with E-state index in [-0.39, 0.29) is 12.2 Å². The van der Waals surface area contributed by atoms with Crippen molar-refractivity contribution in [2.45, 2.75) is 25.7 Å². The maximum atomic E-state index is 6.35. The van der Waals surface area contributed by atoms with Crippen LogP contribution in [0.5, 0.6) is 5.75 Å². The first-order valence-electron chi connectivity index (χ1n) is 7.46. The molecule has 0 saturated heterocycles. The van der Waals surface area contributed by atoms with Crippen LogP contribution < -0.4 is 10.1 Å². The standard InChI is InChI=1S/C18H20BrNO2/c1-12-9-14(19)7-8-16(12)22-18-15-6-4-3-5-13(15)11-21-17(18)10-20-2/h3-9,17-18,20H,10-11H2,1-2H3/t17-,18-/m0/s1. The highest BCUT2D eigenvalue weighted by molar-refractivity contribution is 9.10. The SMILES string of the molecule is CNC[C@@H]1OCc2ccccc2[C@@H]1Oc1ccc(Br)cc1C. The summed E-state index contributed by atoms with van der Waals surface area (Å²) in [5, 5.41) is 3.20. The Kier molecular flexibility index (Phi) is 4.81. The first kappa shape index (κ1) is 15.5. The van der Waals surface area contributed by atoms with E-state index >= 15 is 0 Å². The van der Waals surface area contributed by atoms with Gasteiger partial charge in [-0.05, 0) is 43.3 Å². The van der Waals surface area contributed by atoms with Gasteiger partial charge in [-0.2, -0.15) is 0 Å². The molecule has 0 saturated carbocycles. The third-order valence-corrected chi connectivity index (χ3v) is 4.44. The van der Waals surface area contributed by atoms with E-state index in [1.165, 1.54) is 11.1 Å². The van der Waals surface area contributed by atoms with Gasteiger partial charge >= 0.3 is 0 Å². The van der Waals surface area contributed by atoms with Crippen molar-refractivity contribution in [3.8, 4) is 5.75 Å². The summed E-state index contributed by atoms with van der Waals surface area (Å²) in [6.07, 6.45) is -0.0970. The molecule has 4 heteroatoms. The fourth-order valence-electron chi connectivity index (χ4n) is 2.82. The number of nitrogens with one attached hydrogen (secondary N) is 1. The molecule has 0 bridgehead atoms. The highest BCUT2D eigenvalue weighted by Crippen LogP contribution is 2.35. The molecule has 1 heterocycles. The summed E-state index contributed by atoms with van der Waals surface area (Å²) < 4.78 is 13.4. The average Bonchev–Trinajstić information content (AvgIpc) is 2.52. The minimum atomic E-state index is -0.0997. The van der Waals surface area contributed by atoms with Gasteiger partial charge in [-0.25, -0.2) is 0 Å². The molecule has 2 aromatic carbocycles. The maximum absolute atomic E-state index is 6.35. The molecule has 0 unspecified atom stereocenters. The van der Waals surface area contributed by atoms with Crippen molar-refractivity contribution in [2.24, 2.45) is 0 Å². The lowest BCUT2D eigenvalue weighted by molar-refractivity contribution is -0.0498. The van der Waals surface area contributed by atoms with Gasteiger partial charge in [0, 0.05) is 16.6 Å². The molecule has 0 aliphatic carbocycles. The Morgan fingerprint density at radius 1 is 1.27 bits per heavy atom. The summed E-state index contributed by atoms with van der Waals surface area (Å²) in [5.41, 5.74) is 3.53. The van der Waals surface area contributed by atoms with Gasteiger partial charge in [0.15, 0.2) is 6.10 Å². The molecule has 0 radical (unpaired) electrons. The van der Waals surface area contributed by atoms with E-state index in [9.17, 15) is 0 Å². The molecule has 1 N–H and O–H groups in total. The lowest BCUT2D eigenvalue weighted by Crippen LogP contribution is -2.38. The van der Waals surface area contributed by atoms with Crippen LogP contribution in [0.25, 0.3) is 0 Å². The van der Waals surface area contributed by atoms with Gasteiger partial charge in [-0.3, -0.25) is 0 Å². The van der Waals surface area contributed by atoms with E-state index in [0.29, 0.717) is 6.61 Å². The highest BCUT2D eigenvalue weighted by Gasteiger charge is 2.31. The van der Waals surface area contributed by atoms with Crippen molar-refractivity contribution in [3.05, 3.63) is 63.6 Å². The van der Waals surface area contributed by atoms with Crippen LogP contribution in [0.1, 0.15) is 22.8 Å². The first-order chi connectivity index (χ1) is 10.7. The number of likely N-dealkylation sites (N-methyl/N-ethyl adjacent to an activating group) is 1. The van der Waals surface area contributed by atoms with Crippen LogP contribution in [0.3, 0.4) is 0 Å². The van der Waals surface area contributed by atoms with Gasteiger partial charge in [0.2, 0.25) is 0 Å². The predicted octanol–water partition coefficient (Wildman–Crippen LogP) is 4.00. The second-order valence-corrected chi connectivity index (χ2v) is 6.47. The fraction of sp³-hybridized carbons (Fsp3) is 0.333. The lowest BCUT2D eigenvalue weighted by Gasteiger charge is -2.34. The van der Waals surface area contributed by atoms with Crippen LogP contribution in [0.2, 0.25) is 0 Å². The minimum Gasteiger partial charge on any atom is -0.483 e. The third-order valence-electron chi connectivity index (χ3n) is 3.95. The summed E-state index contributed by atoms with van der Waals surface area (Å²) >= 11 is 3.49. The maximum Gasteiger partial charge on any atom is 0.151 e. The topological polar surface area (TPSA) is 30.5 Å². The second kappa shape index (κ2) is 6.82. The van der Waals surface area contributed by atoms with Crippen LogP contribution in [0, 0.1) is 6.92 Å². The second-order valence-electron chi connectivity index (χ2n) is 5.55. The van der Waals surface area contributed by atoms with Crippen molar-refractivity contribution in [1.29, 1.82) is 0 Å². The van der Waals surface area contributed by atoms with E-state index < -0.39 is 0 Å². The van der Waals surface area contributed by atoms with Crippen molar-refractivity contribution in [3.63, 3.8) is 0 Å². The number of aryl methyl sites for hydroxylation is 1. The minimum absolute atomic E-state index is 0.00273. The molecule has 116 valence electrons. The number of hydrogen-bond acceptors (Lipinski definition) is 3. The van der Waals surface area contributed by atoms with E-state index in [1.807, 2.05) is 25.2 Å². The Labute approximate surface area is 139 Å². The van der Waals surface area contributed by atoms with Crippen LogP contribution >= 0.6 is 15.9 Å². The number of fused-ring (bicyclic) bond motifs is 1. The van der Waals surface area contributed by atoms with Crippen LogP contribution in [0.4, 0.5) is 0 Å². The van der Waals surface area contributed by atoms with Gasteiger partial charge in [0.1, 0.15) is 11.9 Å². The largest absolute Gasteiger partial charge is 0.483 e. The molecule has 22 heavy (non-hydrogen) atoms. The number of ether oxygens (including phenoxy) is 2. The Morgan fingerprint density at radius 3 is 2.86 bits per heavy atom. The number of halogens is 1. The monoisotopic (exact) mass is 361 g/mol. The summed E-state index contributed by atoms with van der Waals surface area (Å²) in [5.74, 6) is 0.898. The quantitative estimate of drug-likeness (QED) is 0.892. The predicted molar refractivity (Wildman–Crippen MR) is 91.2 cm³/mol. The number of hydrogen-bond donors (Lipinski definition) is 1.